The van der Waals surface area contributed by atoms with Gasteiger partial charge in [-0.05, 0) is 89.9 Å². The van der Waals surface area contributed by atoms with Gasteiger partial charge in [-0.1, -0.05) is 58.4 Å². The maximum Gasteiger partial charge on any atom is 0.260 e. The molecule has 6 amide bonds. The van der Waals surface area contributed by atoms with Gasteiger partial charge in [0, 0.05) is 99.6 Å². The number of ketones is 1. The van der Waals surface area contributed by atoms with E-state index >= 15 is 0 Å². The van der Waals surface area contributed by atoms with E-state index < -0.39 is 12.0 Å². The Morgan fingerprint density at radius 1 is 0.722 bits per heavy atom. The van der Waals surface area contributed by atoms with Gasteiger partial charge in [0.25, 0.3) is 11.8 Å². The molecule has 0 bridgehead atoms. The Kier molecular flexibility index (Phi) is 16.9. The number of methoxy groups -OCH3 is 1. The quantitative estimate of drug-likeness (QED) is 0.0497. The third-order valence-corrected chi connectivity index (χ3v) is 15.0. The summed E-state index contributed by atoms with van der Waals surface area (Å²) in [5.41, 5.74) is 6.89. The molecular weight excluding hydrogens is 1010 g/mol. The number of phenolic OH excluding ortho intramolecular Hbond substituents is 1. The van der Waals surface area contributed by atoms with Crippen LogP contribution >= 0.6 is 0 Å². The molecule has 5 atom stereocenters. The van der Waals surface area contributed by atoms with E-state index in [9.17, 15) is 38.7 Å². The van der Waals surface area contributed by atoms with Gasteiger partial charge in [-0.3, -0.25) is 48.4 Å². The van der Waals surface area contributed by atoms with Crippen molar-refractivity contribution in [2.45, 2.75) is 111 Å². The highest BCUT2D eigenvalue weighted by Gasteiger charge is 2.37. The molecule has 3 unspecified atom stereocenters. The fourth-order valence-corrected chi connectivity index (χ4v) is 10.5. The van der Waals surface area contributed by atoms with Crippen LogP contribution in [0.4, 0.5) is 17.1 Å². The second-order valence-electron chi connectivity index (χ2n) is 21.3. The fourth-order valence-electron chi connectivity index (χ4n) is 10.5. The number of fused-ring (bicyclic) bond motifs is 4. The molecule has 0 saturated carbocycles. The number of likely N-dealkylation sites (tertiary alicyclic amines) is 1. The zero-order chi connectivity index (χ0) is 56.1. The number of carbonyl (C=O) groups is 7. The Bertz CT molecular complexity index is 3180. The third-order valence-electron chi connectivity index (χ3n) is 15.0. The Balaban J connectivity index is 0.730. The fraction of sp³-hybridized carbons (Fsp3) is 0.393. The van der Waals surface area contributed by atoms with Gasteiger partial charge < -0.3 is 39.8 Å². The zero-order valence-corrected chi connectivity index (χ0v) is 45.5. The van der Waals surface area contributed by atoms with E-state index in [4.69, 9.17) is 24.2 Å². The molecule has 5 heterocycles. The summed E-state index contributed by atoms with van der Waals surface area (Å²) in [6.07, 6.45) is 11.1. The van der Waals surface area contributed by atoms with E-state index in [1.54, 1.807) is 78.5 Å². The van der Waals surface area contributed by atoms with Crippen LogP contribution in [0.3, 0.4) is 0 Å². The molecule has 1 fully saturated rings. The van der Waals surface area contributed by atoms with Crippen LogP contribution in [-0.4, -0.2) is 118 Å². The number of hydrogen-bond donors (Lipinski definition) is 3. The van der Waals surface area contributed by atoms with Crippen molar-refractivity contribution >= 4 is 81.9 Å². The lowest BCUT2D eigenvalue weighted by atomic mass is 9.92. The minimum atomic E-state index is -0.753. The first-order valence-electron chi connectivity index (χ1n) is 27.1. The molecule has 5 aliphatic heterocycles. The van der Waals surface area contributed by atoms with Crippen molar-refractivity contribution in [1.29, 1.82) is 0 Å². The number of amides is 6. The maximum absolute atomic E-state index is 14.1. The number of phenols is 1. The number of carbonyl (C=O) groups excluding carboxylic acids is 7. The van der Waals surface area contributed by atoms with Crippen LogP contribution in [-0.2, 0) is 24.0 Å². The standard InChI is InChI=1S/C61H67N7O11/c1-35(2)57(65-55(71)11-8-7-9-20-66-56(72)25-38(5)59(66)74)51(70)24-37(4)58(73)64-43-16-12-39(13-17-43)41-26-45-32-63-50-30-54(53(77-6)28-48(50)61(76)68(45)33-41)79-22-10-21-78-52-29-49-47(23-36(52)3)60(75)67-34-42(27-44(67)31-62-49)40-14-18-46(69)19-15-40/h12-19,23,28-35,37-38,44-45,57,69H,7-11,20-22,24-27H2,1-6H3,(H,64,73)(H,65,71)/t37?,38?,44-,45-,57?/m0/s1. The normalized spacial score (nSPS) is 19.0. The lowest BCUT2D eigenvalue weighted by Gasteiger charge is -2.23. The second-order valence-corrected chi connectivity index (χ2v) is 21.3. The molecule has 0 radical (unpaired) electrons. The van der Waals surface area contributed by atoms with E-state index in [-0.39, 0.29) is 96.8 Å². The van der Waals surface area contributed by atoms with Gasteiger partial charge in [-0.15, -0.1) is 0 Å². The predicted molar refractivity (Wildman–Crippen MR) is 299 cm³/mol. The molecule has 3 N–H and O–H groups in total. The summed E-state index contributed by atoms with van der Waals surface area (Å²) < 4.78 is 18.0. The molecule has 412 valence electrons. The van der Waals surface area contributed by atoms with Gasteiger partial charge in [-0.25, -0.2) is 0 Å². The largest absolute Gasteiger partial charge is 0.508 e. The second kappa shape index (κ2) is 24.1. The van der Waals surface area contributed by atoms with Gasteiger partial charge >= 0.3 is 0 Å². The van der Waals surface area contributed by atoms with Crippen LogP contribution in [0.25, 0.3) is 11.1 Å². The lowest BCUT2D eigenvalue weighted by Crippen LogP contribution is -2.45. The van der Waals surface area contributed by atoms with Crippen molar-refractivity contribution in [3.63, 3.8) is 0 Å². The zero-order valence-electron chi connectivity index (χ0n) is 45.5. The number of rotatable bonds is 22. The molecule has 18 heteroatoms. The highest BCUT2D eigenvalue weighted by Crippen LogP contribution is 2.41. The smallest absolute Gasteiger partial charge is 0.260 e. The minimum absolute atomic E-state index is 0.0622. The van der Waals surface area contributed by atoms with Crippen LogP contribution < -0.4 is 24.8 Å². The Morgan fingerprint density at radius 3 is 1.89 bits per heavy atom. The summed E-state index contributed by atoms with van der Waals surface area (Å²) in [4.78, 5) is 106. The van der Waals surface area contributed by atoms with Crippen LogP contribution in [0.5, 0.6) is 23.0 Å². The highest BCUT2D eigenvalue weighted by molar-refractivity contribution is 6.07. The monoisotopic (exact) mass is 1070 g/mol. The van der Waals surface area contributed by atoms with Crippen LogP contribution in [0, 0.1) is 24.7 Å². The van der Waals surface area contributed by atoms with Crippen LogP contribution in [0.2, 0.25) is 0 Å². The highest BCUT2D eigenvalue weighted by atomic mass is 16.5. The number of unbranched alkanes of at least 4 members (excludes halogenated alkanes) is 2. The van der Waals surface area contributed by atoms with E-state index in [1.807, 2.05) is 63.5 Å². The van der Waals surface area contributed by atoms with E-state index in [2.05, 4.69) is 10.6 Å². The summed E-state index contributed by atoms with van der Waals surface area (Å²) in [5.74, 6) is -1.05. The number of Topliss-reactive ketones (excluding diaryl/α,β-unsaturated/α-hetero) is 1. The first-order valence-corrected chi connectivity index (χ1v) is 27.1. The molecule has 9 rings (SSSR count). The summed E-state index contributed by atoms with van der Waals surface area (Å²) in [7, 11) is 1.51. The molecular formula is C61H67N7O11. The number of aryl methyl sites for hydroxylation is 1. The Morgan fingerprint density at radius 2 is 1.30 bits per heavy atom. The molecule has 0 aliphatic carbocycles. The number of aliphatic imine (C=N–C) groups is 2. The van der Waals surface area contributed by atoms with Gasteiger partial charge in [-0.2, -0.15) is 0 Å². The molecule has 1 saturated heterocycles. The number of imide groups is 1. The van der Waals surface area contributed by atoms with Crippen LogP contribution in [0.15, 0.2) is 95.2 Å². The van der Waals surface area contributed by atoms with Gasteiger partial charge in [0.05, 0.1) is 61.0 Å². The maximum atomic E-state index is 14.1. The lowest BCUT2D eigenvalue weighted by molar-refractivity contribution is -0.139. The van der Waals surface area contributed by atoms with Crippen LogP contribution in [0.1, 0.15) is 123 Å². The summed E-state index contributed by atoms with van der Waals surface area (Å²) >= 11 is 0. The van der Waals surface area contributed by atoms with E-state index in [0.717, 1.165) is 27.8 Å². The molecule has 79 heavy (non-hydrogen) atoms. The van der Waals surface area contributed by atoms with Gasteiger partial charge in [0.2, 0.25) is 23.6 Å². The average molecular weight is 1070 g/mol. The molecule has 4 aromatic carbocycles. The summed E-state index contributed by atoms with van der Waals surface area (Å²) in [6, 6.07) is 19.9. The number of nitrogens with zero attached hydrogens (tertiary/aromatic N) is 5. The number of nitrogens with one attached hydrogen (secondary N) is 2. The van der Waals surface area contributed by atoms with Crippen molar-refractivity contribution < 1.29 is 52.9 Å². The van der Waals surface area contributed by atoms with Crippen molar-refractivity contribution in [3.05, 3.63) is 113 Å². The number of hydrogen-bond acceptors (Lipinski definition) is 13. The summed E-state index contributed by atoms with van der Waals surface area (Å²) in [6.45, 7) is 9.96. The predicted octanol–water partition coefficient (Wildman–Crippen LogP) is 9.13. The molecule has 0 aromatic heterocycles. The first kappa shape index (κ1) is 55.3. The average Bonchev–Trinajstić information content (AvgIpc) is 4.13. The Labute approximate surface area is 459 Å². The molecule has 0 spiro atoms. The first-order chi connectivity index (χ1) is 38.0. The summed E-state index contributed by atoms with van der Waals surface area (Å²) in [5, 5.41) is 15.5. The van der Waals surface area contributed by atoms with Crippen molar-refractivity contribution in [3.8, 4) is 23.0 Å². The third kappa shape index (κ3) is 12.5. The number of ether oxygens (including phenoxy) is 3. The number of anilines is 1. The molecule has 4 aromatic rings. The number of aromatic hydroxyl groups is 1. The molecule has 18 nitrogen and oxygen atoms in total. The van der Waals surface area contributed by atoms with Gasteiger partial charge in [0.1, 0.15) is 11.5 Å². The van der Waals surface area contributed by atoms with Gasteiger partial charge in [0.15, 0.2) is 17.3 Å². The van der Waals surface area contributed by atoms with E-state index in [0.29, 0.717) is 97.1 Å². The van der Waals surface area contributed by atoms with Crippen molar-refractivity contribution in [2.75, 3.05) is 32.2 Å². The van der Waals surface area contributed by atoms with Crippen molar-refractivity contribution in [1.82, 2.24) is 20.0 Å². The van der Waals surface area contributed by atoms with E-state index in [1.165, 1.54) is 12.0 Å². The Hall–Kier alpha value is -8.41. The topological polar surface area (TPSA) is 226 Å². The number of benzene rings is 4. The van der Waals surface area contributed by atoms with Crippen molar-refractivity contribution in [2.24, 2.45) is 27.7 Å². The molecule has 5 aliphatic rings. The SMILES string of the molecule is COc1cc2c(cc1OCCCOc1cc3c(cc1C)C(=O)N1C=C(c4ccc(O)cc4)C[C@H]1C=N3)N=C[C@@H]1CC(c3ccc(NC(=O)C(C)CC(=O)C(NC(=O)CCCCCN4C(=O)CC(C)C4=O)C(C)C)cc3)=CN1C2=O. The minimum Gasteiger partial charge on any atom is -0.508 e.